The van der Waals surface area contributed by atoms with Crippen molar-refractivity contribution in [3.63, 3.8) is 0 Å². The van der Waals surface area contributed by atoms with Crippen molar-refractivity contribution < 1.29 is 29.0 Å². The molecule has 0 bridgehead atoms. The average molecular weight is 512 g/mol. The SMILES string of the molecule is CCCOC(=O)c1ccc(N2C(=O)C(=O)/C(=C(\O)c3ccc4c(c3)CCCO4)C2c2cccc(C)c2)cc1. The number of esters is 1. The van der Waals surface area contributed by atoms with Gasteiger partial charge in [-0.2, -0.15) is 0 Å². The number of aliphatic hydroxyl groups is 1. The molecule has 2 aliphatic rings. The maximum Gasteiger partial charge on any atom is 0.338 e. The molecule has 1 amide bonds. The highest BCUT2D eigenvalue weighted by atomic mass is 16.5. The Kier molecular flexibility index (Phi) is 7.01. The van der Waals surface area contributed by atoms with Crippen LogP contribution < -0.4 is 9.64 Å². The number of Topliss-reactive ketones (excluding diaryl/α,β-unsaturated/α-hetero) is 1. The number of aryl methyl sites for hydroxylation is 2. The first-order chi connectivity index (χ1) is 18.4. The molecular formula is C31H29NO6. The number of ketones is 1. The third-order valence-corrected chi connectivity index (χ3v) is 6.80. The lowest BCUT2D eigenvalue weighted by atomic mass is 9.93. The lowest BCUT2D eigenvalue weighted by Crippen LogP contribution is -2.29. The minimum Gasteiger partial charge on any atom is -0.507 e. The maximum absolute atomic E-state index is 13.4. The number of aliphatic hydroxyl groups excluding tert-OH is 1. The van der Waals surface area contributed by atoms with Crippen LogP contribution in [-0.2, 0) is 20.7 Å². The van der Waals surface area contributed by atoms with E-state index in [1.165, 1.54) is 4.90 Å². The fourth-order valence-corrected chi connectivity index (χ4v) is 4.95. The molecule has 1 unspecified atom stereocenters. The zero-order chi connectivity index (χ0) is 26.8. The van der Waals surface area contributed by atoms with Crippen molar-refractivity contribution in [1.82, 2.24) is 0 Å². The second-order valence-electron chi connectivity index (χ2n) is 9.54. The topological polar surface area (TPSA) is 93.1 Å². The van der Waals surface area contributed by atoms with E-state index in [0.29, 0.717) is 42.0 Å². The van der Waals surface area contributed by atoms with E-state index >= 15 is 0 Å². The van der Waals surface area contributed by atoms with Crippen molar-refractivity contribution in [3.05, 3.63) is 100 Å². The van der Waals surface area contributed by atoms with Gasteiger partial charge in [0.1, 0.15) is 11.5 Å². The second-order valence-corrected chi connectivity index (χ2v) is 9.54. The first-order valence-electron chi connectivity index (χ1n) is 12.8. The van der Waals surface area contributed by atoms with Crippen molar-refractivity contribution in [2.75, 3.05) is 18.1 Å². The number of carbonyl (C=O) groups excluding carboxylic acids is 3. The van der Waals surface area contributed by atoms with Gasteiger partial charge in [0.2, 0.25) is 0 Å². The van der Waals surface area contributed by atoms with Crippen LogP contribution in [0, 0.1) is 6.92 Å². The van der Waals surface area contributed by atoms with E-state index in [1.54, 1.807) is 36.4 Å². The fraction of sp³-hybridized carbons (Fsp3) is 0.258. The van der Waals surface area contributed by atoms with E-state index in [2.05, 4.69) is 0 Å². The molecule has 5 rings (SSSR count). The number of rotatable bonds is 6. The predicted octanol–water partition coefficient (Wildman–Crippen LogP) is 5.51. The van der Waals surface area contributed by atoms with Gasteiger partial charge in [0, 0.05) is 11.3 Å². The molecule has 2 aliphatic heterocycles. The van der Waals surface area contributed by atoms with Crippen LogP contribution in [0.1, 0.15) is 58.4 Å². The highest BCUT2D eigenvalue weighted by Gasteiger charge is 2.47. The summed E-state index contributed by atoms with van der Waals surface area (Å²) < 4.78 is 10.9. The summed E-state index contributed by atoms with van der Waals surface area (Å²) in [5, 5.41) is 11.5. The number of amides is 1. The highest BCUT2D eigenvalue weighted by Crippen LogP contribution is 2.43. The molecule has 0 radical (unpaired) electrons. The summed E-state index contributed by atoms with van der Waals surface area (Å²) >= 11 is 0. The Bertz CT molecular complexity index is 1440. The third kappa shape index (κ3) is 4.67. The summed E-state index contributed by atoms with van der Waals surface area (Å²) in [6.07, 6.45) is 2.38. The van der Waals surface area contributed by atoms with Gasteiger partial charge in [0.25, 0.3) is 11.7 Å². The molecule has 194 valence electrons. The Balaban J connectivity index is 1.60. The number of fused-ring (bicyclic) bond motifs is 1. The number of nitrogens with zero attached hydrogens (tertiary/aromatic N) is 1. The van der Waals surface area contributed by atoms with Gasteiger partial charge in [-0.05, 0) is 79.8 Å². The summed E-state index contributed by atoms with van der Waals surface area (Å²) in [6, 6.07) is 18.4. The van der Waals surface area contributed by atoms with Gasteiger partial charge in [-0.15, -0.1) is 0 Å². The van der Waals surface area contributed by atoms with Gasteiger partial charge in [0.05, 0.1) is 30.4 Å². The van der Waals surface area contributed by atoms with Gasteiger partial charge in [-0.3, -0.25) is 14.5 Å². The molecule has 3 aromatic rings. The number of benzene rings is 3. The Morgan fingerprint density at radius 1 is 1.05 bits per heavy atom. The zero-order valence-electron chi connectivity index (χ0n) is 21.4. The Labute approximate surface area is 221 Å². The predicted molar refractivity (Wildman–Crippen MR) is 143 cm³/mol. The molecule has 1 saturated heterocycles. The highest BCUT2D eigenvalue weighted by molar-refractivity contribution is 6.51. The molecule has 1 fully saturated rings. The smallest absolute Gasteiger partial charge is 0.338 e. The number of carbonyl (C=O) groups is 3. The monoisotopic (exact) mass is 511 g/mol. The minimum absolute atomic E-state index is 0.0173. The van der Waals surface area contributed by atoms with E-state index in [1.807, 2.05) is 44.2 Å². The van der Waals surface area contributed by atoms with Crippen LogP contribution in [0.2, 0.25) is 0 Å². The van der Waals surface area contributed by atoms with Gasteiger partial charge < -0.3 is 14.6 Å². The summed E-state index contributed by atoms with van der Waals surface area (Å²) in [6.45, 7) is 4.80. The first-order valence-corrected chi connectivity index (χ1v) is 12.8. The van der Waals surface area contributed by atoms with Crippen LogP contribution in [0.15, 0.2) is 72.3 Å². The van der Waals surface area contributed by atoms with Crippen molar-refractivity contribution in [3.8, 4) is 5.75 Å². The molecule has 2 heterocycles. The lowest BCUT2D eigenvalue weighted by molar-refractivity contribution is -0.132. The zero-order valence-corrected chi connectivity index (χ0v) is 21.4. The molecule has 0 spiro atoms. The van der Waals surface area contributed by atoms with Gasteiger partial charge >= 0.3 is 5.97 Å². The van der Waals surface area contributed by atoms with E-state index in [-0.39, 0.29) is 11.3 Å². The van der Waals surface area contributed by atoms with Gasteiger partial charge in [-0.1, -0.05) is 36.8 Å². The van der Waals surface area contributed by atoms with Crippen LogP contribution in [0.5, 0.6) is 5.75 Å². The molecular weight excluding hydrogens is 482 g/mol. The summed E-state index contributed by atoms with van der Waals surface area (Å²) in [5.74, 6) is -1.44. The normalized spacial score (nSPS) is 18.2. The van der Waals surface area contributed by atoms with Crippen LogP contribution in [0.25, 0.3) is 5.76 Å². The molecule has 1 N–H and O–H groups in total. The molecule has 38 heavy (non-hydrogen) atoms. The van der Waals surface area contributed by atoms with Crippen LogP contribution >= 0.6 is 0 Å². The number of hydrogen-bond donors (Lipinski definition) is 1. The van der Waals surface area contributed by atoms with Crippen molar-refractivity contribution >= 4 is 29.1 Å². The van der Waals surface area contributed by atoms with Crippen LogP contribution in [0.3, 0.4) is 0 Å². The van der Waals surface area contributed by atoms with E-state index < -0.39 is 23.7 Å². The third-order valence-electron chi connectivity index (χ3n) is 6.80. The lowest BCUT2D eigenvalue weighted by Gasteiger charge is -2.26. The van der Waals surface area contributed by atoms with Gasteiger partial charge in [0.15, 0.2) is 0 Å². The molecule has 0 saturated carbocycles. The van der Waals surface area contributed by atoms with Gasteiger partial charge in [-0.25, -0.2) is 4.79 Å². The number of anilines is 1. The maximum atomic E-state index is 13.4. The van der Waals surface area contributed by atoms with E-state index in [9.17, 15) is 19.5 Å². The Morgan fingerprint density at radius 3 is 2.55 bits per heavy atom. The number of ether oxygens (including phenoxy) is 2. The standard InChI is InChI=1S/C31H29NO6/c1-3-15-38-31(36)20-9-12-24(13-10-20)32-27(22-7-4-6-19(2)17-22)26(29(34)30(32)35)28(33)23-11-14-25-21(18-23)8-5-16-37-25/h4,6-7,9-14,17-18,27,33H,3,5,8,15-16H2,1-2H3/b28-26-. The molecule has 0 aliphatic carbocycles. The average Bonchev–Trinajstić information content (AvgIpc) is 3.21. The molecule has 3 aromatic carbocycles. The fourth-order valence-electron chi connectivity index (χ4n) is 4.95. The first kappa shape index (κ1) is 25.3. The molecule has 7 heteroatoms. The minimum atomic E-state index is -0.847. The second kappa shape index (κ2) is 10.5. The van der Waals surface area contributed by atoms with E-state index in [4.69, 9.17) is 9.47 Å². The van der Waals surface area contributed by atoms with Crippen LogP contribution in [-0.4, -0.2) is 36.0 Å². The Hall–Kier alpha value is -4.39. The largest absolute Gasteiger partial charge is 0.507 e. The van der Waals surface area contributed by atoms with Crippen molar-refractivity contribution in [2.45, 2.75) is 39.2 Å². The molecule has 1 atom stereocenters. The number of hydrogen-bond acceptors (Lipinski definition) is 6. The van der Waals surface area contributed by atoms with E-state index in [0.717, 1.165) is 29.7 Å². The summed E-state index contributed by atoms with van der Waals surface area (Å²) in [4.78, 5) is 40.5. The van der Waals surface area contributed by atoms with Crippen molar-refractivity contribution in [1.29, 1.82) is 0 Å². The Morgan fingerprint density at radius 2 is 1.82 bits per heavy atom. The summed E-state index contributed by atoms with van der Waals surface area (Å²) in [7, 11) is 0. The van der Waals surface area contributed by atoms with Crippen molar-refractivity contribution in [2.24, 2.45) is 0 Å². The molecule has 0 aromatic heterocycles. The quantitative estimate of drug-likeness (QED) is 0.203. The summed E-state index contributed by atoms with van der Waals surface area (Å²) in [5.41, 5.74) is 3.85. The molecule has 7 nitrogen and oxygen atoms in total. The van der Waals surface area contributed by atoms with Crippen LogP contribution in [0.4, 0.5) is 5.69 Å².